The standard InChI is InChI=1S/C18H25BrO4Si/c1-7-21-17(20)16-12(11-19)15-13(22-16)9-8-10-14(15)23-24(5,6)18(2,3)4/h8-10H,7,11H2,1-6H3. The Morgan fingerprint density at radius 1 is 1.29 bits per heavy atom. The van der Waals surface area contributed by atoms with E-state index in [4.69, 9.17) is 13.6 Å². The first kappa shape index (κ1) is 19.1. The number of alkyl halides is 1. The molecule has 1 aromatic carbocycles. The Morgan fingerprint density at radius 3 is 2.50 bits per heavy atom. The van der Waals surface area contributed by atoms with Crippen LogP contribution in [0.25, 0.3) is 11.0 Å². The number of hydrogen-bond donors (Lipinski definition) is 0. The molecule has 0 amide bonds. The second kappa shape index (κ2) is 6.92. The van der Waals surface area contributed by atoms with Gasteiger partial charge in [0.25, 0.3) is 8.32 Å². The van der Waals surface area contributed by atoms with Gasteiger partial charge in [-0.15, -0.1) is 0 Å². The van der Waals surface area contributed by atoms with Gasteiger partial charge in [0.15, 0.2) is 0 Å². The highest BCUT2D eigenvalue weighted by molar-refractivity contribution is 9.08. The van der Waals surface area contributed by atoms with E-state index in [0.717, 1.165) is 16.7 Å². The molecule has 2 aromatic rings. The third kappa shape index (κ3) is 3.54. The molecule has 2 rings (SSSR count). The molecule has 6 heteroatoms. The summed E-state index contributed by atoms with van der Waals surface area (Å²) >= 11 is 3.47. The van der Waals surface area contributed by atoms with Gasteiger partial charge in [0.2, 0.25) is 5.76 Å². The first-order valence-electron chi connectivity index (χ1n) is 8.09. The number of benzene rings is 1. The van der Waals surface area contributed by atoms with Crippen molar-refractivity contribution in [3.63, 3.8) is 0 Å². The topological polar surface area (TPSA) is 48.7 Å². The fraction of sp³-hybridized carbons (Fsp3) is 0.500. The summed E-state index contributed by atoms with van der Waals surface area (Å²) in [5, 5.41) is 1.42. The zero-order valence-electron chi connectivity index (χ0n) is 15.2. The van der Waals surface area contributed by atoms with Crippen LogP contribution < -0.4 is 4.43 Å². The van der Waals surface area contributed by atoms with Crippen LogP contribution in [0.2, 0.25) is 18.1 Å². The van der Waals surface area contributed by atoms with E-state index in [9.17, 15) is 4.79 Å². The first-order chi connectivity index (χ1) is 11.1. The summed E-state index contributed by atoms with van der Waals surface area (Å²) in [4.78, 5) is 12.2. The Labute approximate surface area is 152 Å². The maximum absolute atomic E-state index is 12.2. The van der Waals surface area contributed by atoms with Crippen molar-refractivity contribution in [1.82, 2.24) is 0 Å². The Hall–Kier alpha value is -1.27. The van der Waals surface area contributed by atoms with Crippen LogP contribution in [0.4, 0.5) is 0 Å². The molecule has 24 heavy (non-hydrogen) atoms. The highest BCUT2D eigenvalue weighted by Crippen LogP contribution is 2.41. The van der Waals surface area contributed by atoms with E-state index in [1.807, 2.05) is 18.2 Å². The third-order valence-electron chi connectivity index (χ3n) is 4.54. The van der Waals surface area contributed by atoms with Gasteiger partial charge in [-0.25, -0.2) is 4.79 Å². The number of ether oxygens (including phenoxy) is 1. The predicted molar refractivity (Wildman–Crippen MR) is 103 cm³/mol. The molecule has 0 unspecified atom stereocenters. The highest BCUT2D eigenvalue weighted by atomic mass is 79.9. The number of fused-ring (bicyclic) bond motifs is 1. The van der Waals surface area contributed by atoms with Gasteiger partial charge in [-0.2, -0.15) is 0 Å². The van der Waals surface area contributed by atoms with Gasteiger partial charge < -0.3 is 13.6 Å². The lowest BCUT2D eigenvalue weighted by Crippen LogP contribution is -2.43. The lowest BCUT2D eigenvalue weighted by molar-refractivity contribution is 0.0491. The number of esters is 1. The molecule has 0 saturated carbocycles. The first-order valence-corrected chi connectivity index (χ1v) is 12.1. The summed E-state index contributed by atoms with van der Waals surface area (Å²) in [6, 6.07) is 5.68. The highest BCUT2D eigenvalue weighted by Gasteiger charge is 2.39. The van der Waals surface area contributed by atoms with Crippen LogP contribution in [0.15, 0.2) is 22.6 Å². The zero-order valence-corrected chi connectivity index (χ0v) is 17.7. The molecule has 1 heterocycles. The molecule has 0 aliphatic rings. The predicted octanol–water partition coefficient (Wildman–Crippen LogP) is 5.89. The number of carbonyl (C=O) groups is 1. The molecule has 132 valence electrons. The van der Waals surface area contributed by atoms with Gasteiger partial charge in [-0.1, -0.05) is 42.8 Å². The smallest absolute Gasteiger partial charge is 0.374 e. The summed E-state index contributed by atoms with van der Waals surface area (Å²) in [6.45, 7) is 13.1. The monoisotopic (exact) mass is 412 g/mol. The van der Waals surface area contributed by atoms with E-state index in [1.54, 1.807) is 6.92 Å². The molecular formula is C18H25BrO4Si. The minimum atomic E-state index is -2.00. The van der Waals surface area contributed by atoms with Gasteiger partial charge in [0.05, 0.1) is 12.0 Å². The molecule has 1 aromatic heterocycles. The summed E-state index contributed by atoms with van der Waals surface area (Å²) in [6.07, 6.45) is 0. The number of rotatable bonds is 5. The fourth-order valence-electron chi connectivity index (χ4n) is 2.18. The quantitative estimate of drug-likeness (QED) is 0.349. The molecule has 0 fully saturated rings. The van der Waals surface area contributed by atoms with E-state index in [0.29, 0.717) is 17.5 Å². The van der Waals surface area contributed by atoms with Crippen LogP contribution in [0.5, 0.6) is 5.75 Å². The maximum atomic E-state index is 12.2. The van der Waals surface area contributed by atoms with Gasteiger partial charge in [0.1, 0.15) is 11.3 Å². The number of halogens is 1. The van der Waals surface area contributed by atoms with Crippen LogP contribution in [0, 0.1) is 0 Å². The molecule has 0 N–H and O–H groups in total. The summed E-state index contributed by atoms with van der Waals surface area (Å²) in [7, 11) is -2.00. The molecule has 0 bridgehead atoms. The van der Waals surface area contributed by atoms with Gasteiger partial charge in [-0.05, 0) is 37.2 Å². The molecule has 0 aliphatic heterocycles. The zero-order chi connectivity index (χ0) is 18.1. The Balaban J connectivity index is 2.59. The SMILES string of the molecule is CCOC(=O)c1oc2cccc(O[Si](C)(C)C(C)(C)C)c2c1CBr. The summed E-state index contributed by atoms with van der Waals surface area (Å²) < 4.78 is 17.4. The number of carbonyl (C=O) groups excluding carboxylic acids is 1. The third-order valence-corrected chi connectivity index (χ3v) is 9.44. The van der Waals surface area contributed by atoms with Crippen molar-refractivity contribution in [2.75, 3.05) is 6.61 Å². The lowest BCUT2D eigenvalue weighted by Gasteiger charge is -2.36. The molecule has 4 nitrogen and oxygen atoms in total. The number of hydrogen-bond acceptors (Lipinski definition) is 4. The number of furan rings is 1. The average Bonchev–Trinajstić information content (AvgIpc) is 2.85. The van der Waals surface area contributed by atoms with Crippen LogP contribution in [0.3, 0.4) is 0 Å². The minimum Gasteiger partial charge on any atom is -0.543 e. The largest absolute Gasteiger partial charge is 0.543 e. The Kier molecular flexibility index (Phi) is 5.49. The van der Waals surface area contributed by atoms with Crippen molar-refractivity contribution < 1.29 is 18.4 Å². The van der Waals surface area contributed by atoms with Crippen molar-refractivity contribution in [2.45, 2.75) is 51.2 Å². The van der Waals surface area contributed by atoms with E-state index < -0.39 is 14.3 Å². The van der Waals surface area contributed by atoms with E-state index in [-0.39, 0.29) is 10.8 Å². The second-order valence-corrected chi connectivity index (χ2v) is 12.5. The van der Waals surface area contributed by atoms with Crippen molar-refractivity contribution in [1.29, 1.82) is 0 Å². The van der Waals surface area contributed by atoms with Crippen LogP contribution in [0.1, 0.15) is 43.8 Å². The molecular weight excluding hydrogens is 388 g/mol. The summed E-state index contributed by atoms with van der Waals surface area (Å²) in [5.74, 6) is 0.573. The van der Waals surface area contributed by atoms with Crippen molar-refractivity contribution in [3.05, 3.63) is 29.5 Å². The molecule has 0 aliphatic carbocycles. The maximum Gasteiger partial charge on any atom is 0.374 e. The molecule has 0 spiro atoms. The van der Waals surface area contributed by atoms with Crippen LogP contribution in [-0.4, -0.2) is 20.9 Å². The molecule has 0 radical (unpaired) electrons. The minimum absolute atomic E-state index is 0.0808. The van der Waals surface area contributed by atoms with Crippen molar-refractivity contribution in [3.8, 4) is 5.75 Å². The van der Waals surface area contributed by atoms with E-state index >= 15 is 0 Å². The Bertz CT molecular complexity index is 743. The molecule has 0 saturated heterocycles. The van der Waals surface area contributed by atoms with Gasteiger partial charge >= 0.3 is 5.97 Å². The second-order valence-electron chi connectivity index (χ2n) is 7.26. The van der Waals surface area contributed by atoms with Crippen molar-refractivity contribution >= 4 is 41.2 Å². The fourth-order valence-corrected chi connectivity index (χ4v) is 3.74. The normalized spacial score (nSPS) is 12.5. The Morgan fingerprint density at radius 2 is 1.96 bits per heavy atom. The molecule has 0 atom stereocenters. The average molecular weight is 413 g/mol. The van der Waals surface area contributed by atoms with Crippen molar-refractivity contribution in [2.24, 2.45) is 0 Å². The van der Waals surface area contributed by atoms with Gasteiger partial charge in [0, 0.05) is 10.9 Å². The van der Waals surface area contributed by atoms with E-state index in [2.05, 4.69) is 49.8 Å². The van der Waals surface area contributed by atoms with Crippen LogP contribution in [-0.2, 0) is 10.1 Å². The van der Waals surface area contributed by atoms with Crippen LogP contribution >= 0.6 is 15.9 Å². The van der Waals surface area contributed by atoms with E-state index in [1.165, 1.54) is 0 Å². The summed E-state index contributed by atoms with van der Waals surface area (Å²) in [5.41, 5.74) is 1.42. The lowest BCUT2D eigenvalue weighted by atomic mass is 10.1. The van der Waals surface area contributed by atoms with Gasteiger partial charge in [-0.3, -0.25) is 0 Å².